The number of halogens is 2. The molecule has 0 aliphatic rings. The minimum atomic E-state index is -3.93. The standard InChI is InChI=1S/C26H26Cl2N4O4S/c1-16(33)29-14-6-7-17-8-13-21(20(28)15-17)32-23(18-9-11-19(27)12-10-18)24(37(5,35)36)22(31-32)25(34)30-26(2,3)4/h8-13,15H,14H2,1-5H3,(H,29,33)(H,30,34). The van der Waals surface area contributed by atoms with E-state index in [-0.39, 0.29) is 33.8 Å². The van der Waals surface area contributed by atoms with E-state index < -0.39 is 21.3 Å². The predicted molar refractivity (Wildman–Crippen MR) is 145 cm³/mol. The van der Waals surface area contributed by atoms with Crippen molar-refractivity contribution < 1.29 is 18.0 Å². The third-order valence-electron chi connectivity index (χ3n) is 4.87. The van der Waals surface area contributed by atoms with Gasteiger partial charge in [0.1, 0.15) is 4.90 Å². The van der Waals surface area contributed by atoms with Gasteiger partial charge in [-0.05, 0) is 51.1 Å². The average Bonchev–Trinajstić information content (AvgIpc) is 3.17. The first kappa shape index (κ1) is 28.3. The molecule has 2 amide bonds. The van der Waals surface area contributed by atoms with E-state index in [0.29, 0.717) is 21.8 Å². The summed E-state index contributed by atoms with van der Waals surface area (Å²) in [5, 5.41) is 10.5. The molecule has 0 saturated carbocycles. The number of carbonyl (C=O) groups excluding carboxylic acids is 2. The third-order valence-corrected chi connectivity index (χ3v) is 6.55. The number of carbonyl (C=O) groups is 2. The first-order chi connectivity index (χ1) is 17.2. The second-order valence-electron chi connectivity index (χ2n) is 9.30. The van der Waals surface area contributed by atoms with Crippen LogP contribution in [0.15, 0.2) is 47.4 Å². The van der Waals surface area contributed by atoms with E-state index in [1.54, 1.807) is 63.2 Å². The molecule has 8 nitrogen and oxygen atoms in total. The summed E-state index contributed by atoms with van der Waals surface area (Å²) in [5.41, 5.74) is 0.683. The van der Waals surface area contributed by atoms with Gasteiger partial charge in [-0.2, -0.15) is 5.10 Å². The quantitative estimate of drug-likeness (QED) is 0.453. The zero-order chi connectivity index (χ0) is 27.5. The Morgan fingerprint density at radius 2 is 1.73 bits per heavy atom. The van der Waals surface area contributed by atoms with Gasteiger partial charge in [0, 0.05) is 34.9 Å². The molecule has 1 heterocycles. The molecule has 0 spiro atoms. The molecule has 194 valence electrons. The lowest BCUT2D eigenvalue weighted by atomic mass is 10.1. The lowest BCUT2D eigenvalue weighted by Crippen LogP contribution is -2.41. The van der Waals surface area contributed by atoms with Crippen LogP contribution < -0.4 is 10.6 Å². The van der Waals surface area contributed by atoms with Crippen LogP contribution in [0, 0.1) is 11.8 Å². The molecule has 37 heavy (non-hydrogen) atoms. The minimum Gasteiger partial charge on any atom is -0.346 e. The summed E-state index contributed by atoms with van der Waals surface area (Å²) in [5.74, 6) is 4.90. The maximum Gasteiger partial charge on any atom is 0.273 e. The van der Waals surface area contributed by atoms with Crippen LogP contribution in [0.1, 0.15) is 43.7 Å². The molecule has 0 unspecified atom stereocenters. The van der Waals surface area contributed by atoms with Crippen molar-refractivity contribution in [2.24, 2.45) is 0 Å². The Morgan fingerprint density at radius 3 is 2.27 bits per heavy atom. The van der Waals surface area contributed by atoms with Crippen molar-refractivity contribution in [2.75, 3.05) is 12.8 Å². The Kier molecular flexibility index (Phi) is 8.38. The van der Waals surface area contributed by atoms with Gasteiger partial charge in [0.15, 0.2) is 15.5 Å². The summed E-state index contributed by atoms with van der Waals surface area (Å²) in [6.07, 6.45) is 1.02. The van der Waals surface area contributed by atoms with Gasteiger partial charge in [-0.3, -0.25) is 9.59 Å². The molecular formula is C26H26Cl2N4O4S. The number of nitrogens with one attached hydrogen (secondary N) is 2. The average molecular weight is 561 g/mol. The molecule has 3 aromatic rings. The molecule has 2 N–H and O–H groups in total. The zero-order valence-electron chi connectivity index (χ0n) is 20.9. The number of amides is 2. The van der Waals surface area contributed by atoms with E-state index in [4.69, 9.17) is 23.2 Å². The SMILES string of the molecule is CC(=O)NCC#Cc1ccc(-n2nc(C(=O)NC(C)(C)C)c(S(C)(=O)=O)c2-c2ccc(Cl)cc2)c(Cl)c1. The Balaban J connectivity index is 2.25. The molecular weight excluding hydrogens is 535 g/mol. The second-order valence-corrected chi connectivity index (χ2v) is 12.1. The molecule has 0 aliphatic carbocycles. The fourth-order valence-corrected chi connectivity index (χ4v) is 4.84. The van der Waals surface area contributed by atoms with Crippen molar-refractivity contribution >= 4 is 44.9 Å². The van der Waals surface area contributed by atoms with Crippen LogP contribution in [0.4, 0.5) is 0 Å². The zero-order valence-corrected chi connectivity index (χ0v) is 23.3. The predicted octanol–water partition coefficient (Wildman–Crippen LogP) is 4.27. The fourth-order valence-electron chi connectivity index (χ4n) is 3.41. The molecule has 0 radical (unpaired) electrons. The molecule has 0 saturated heterocycles. The topological polar surface area (TPSA) is 110 Å². The Morgan fingerprint density at radius 1 is 1.08 bits per heavy atom. The van der Waals surface area contributed by atoms with E-state index in [9.17, 15) is 18.0 Å². The highest BCUT2D eigenvalue weighted by atomic mass is 35.5. The van der Waals surface area contributed by atoms with Crippen LogP contribution >= 0.6 is 23.2 Å². The van der Waals surface area contributed by atoms with Gasteiger partial charge in [-0.15, -0.1) is 0 Å². The van der Waals surface area contributed by atoms with Crippen LogP contribution in [-0.2, 0) is 14.6 Å². The van der Waals surface area contributed by atoms with Crippen molar-refractivity contribution in [3.63, 3.8) is 0 Å². The Labute approximate surface area is 226 Å². The van der Waals surface area contributed by atoms with Gasteiger partial charge in [0.2, 0.25) is 5.91 Å². The Hall–Kier alpha value is -3.32. The molecule has 1 aromatic heterocycles. The summed E-state index contributed by atoms with van der Waals surface area (Å²) >= 11 is 12.7. The number of nitrogens with zero attached hydrogens (tertiary/aromatic N) is 2. The highest BCUT2D eigenvalue weighted by Gasteiger charge is 2.32. The summed E-state index contributed by atoms with van der Waals surface area (Å²) < 4.78 is 27.4. The van der Waals surface area contributed by atoms with Crippen molar-refractivity contribution in [1.29, 1.82) is 0 Å². The molecule has 0 aliphatic heterocycles. The highest BCUT2D eigenvalue weighted by molar-refractivity contribution is 7.91. The third kappa shape index (κ3) is 7.13. The van der Waals surface area contributed by atoms with Gasteiger partial charge in [-0.1, -0.05) is 47.2 Å². The van der Waals surface area contributed by atoms with E-state index in [2.05, 4.69) is 27.6 Å². The molecule has 2 aromatic carbocycles. The van der Waals surface area contributed by atoms with E-state index in [0.717, 1.165) is 6.26 Å². The van der Waals surface area contributed by atoms with E-state index in [1.807, 2.05) is 0 Å². The first-order valence-electron chi connectivity index (χ1n) is 11.1. The number of hydrogen-bond acceptors (Lipinski definition) is 5. The highest BCUT2D eigenvalue weighted by Crippen LogP contribution is 2.35. The first-order valence-corrected chi connectivity index (χ1v) is 13.8. The lowest BCUT2D eigenvalue weighted by molar-refractivity contribution is -0.118. The lowest BCUT2D eigenvalue weighted by Gasteiger charge is -2.19. The van der Waals surface area contributed by atoms with Crippen LogP contribution in [0.3, 0.4) is 0 Å². The molecule has 0 fully saturated rings. The minimum absolute atomic E-state index is 0.171. The van der Waals surface area contributed by atoms with Gasteiger partial charge in [0.05, 0.1) is 22.9 Å². The fraction of sp³-hybridized carbons (Fsp3) is 0.269. The maximum atomic E-state index is 13.2. The normalized spacial score (nSPS) is 11.4. The maximum absolute atomic E-state index is 13.2. The van der Waals surface area contributed by atoms with Crippen molar-refractivity contribution in [3.05, 3.63) is 63.8 Å². The molecule has 0 bridgehead atoms. The number of aromatic nitrogens is 2. The van der Waals surface area contributed by atoms with Crippen molar-refractivity contribution in [1.82, 2.24) is 20.4 Å². The number of benzene rings is 2. The molecule has 11 heteroatoms. The number of sulfone groups is 1. The second kappa shape index (κ2) is 11.0. The molecule has 0 atom stereocenters. The van der Waals surface area contributed by atoms with Gasteiger partial charge in [-0.25, -0.2) is 13.1 Å². The smallest absolute Gasteiger partial charge is 0.273 e. The number of rotatable bonds is 5. The van der Waals surface area contributed by atoms with Crippen LogP contribution in [-0.4, -0.2) is 48.4 Å². The van der Waals surface area contributed by atoms with E-state index >= 15 is 0 Å². The van der Waals surface area contributed by atoms with Gasteiger partial charge < -0.3 is 10.6 Å². The van der Waals surface area contributed by atoms with Gasteiger partial charge in [0.25, 0.3) is 5.91 Å². The summed E-state index contributed by atoms with van der Waals surface area (Å²) in [7, 11) is -3.93. The summed E-state index contributed by atoms with van der Waals surface area (Å²) in [6.45, 7) is 6.93. The summed E-state index contributed by atoms with van der Waals surface area (Å²) in [6, 6.07) is 11.4. The van der Waals surface area contributed by atoms with Crippen LogP contribution in [0.25, 0.3) is 16.9 Å². The van der Waals surface area contributed by atoms with Gasteiger partial charge >= 0.3 is 0 Å². The molecule has 3 rings (SSSR count). The van der Waals surface area contributed by atoms with E-state index in [1.165, 1.54) is 11.6 Å². The largest absolute Gasteiger partial charge is 0.346 e. The van der Waals surface area contributed by atoms with Crippen molar-refractivity contribution in [3.8, 4) is 28.8 Å². The van der Waals surface area contributed by atoms with Crippen LogP contribution in [0.2, 0.25) is 10.0 Å². The number of hydrogen-bond donors (Lipinski definition) is 2. The summed E-state index contributed by atoms with van der Waals surface area (Å²) in [4.78, 5) is 24.0. The monoisotopic (exact) mass is 560 g/mol. The van der Waals surface area contributed by atoms with Crippen LogP contribution in [0.5, 0.6) is 0 Å². The Bertz CT molecular complexity index is 1530. The van der Waals surface area contributed by atoms with Crippen molar-refractivity contribution in [2.45, 2.75) is 38.1 Å².